The van der Waals surface area contributed by atoms with Crippen molar-refractivity contribution in [3.8, 4) is 10.7 Å². The molecule has 2 aromatic heterocycles. The number of pyridine rings is 1. The van der Waals surface area contributed by atoms with Crippen LogP contribution in [-0.2, 0) is 0 Å². The van der Waals surface area contributed by atoms with E-state index in [1.54, 1.807) is 11.3 Å². The first-order chi connectivity index (χ1) is 11.9. The molecule has 0 saturated carbocycles. The Hall–Kier alpha value is -2.05. The average Bonchev–Trinajstić information content (AvgIpc) is 2.94. The molecule has 3 fully saturated rings. The summed E-state index contributed by atoms with van der Waals surface area (Å²) in [5, 5.41) is 13.2. The minimum Gasteiger partial charge on any atom is -0.342 e. The highest BCUT2D eigenvalue weighted by atomic mass is 32.1. The van der Waals surface area contributed by atoms with Gasteiger partial charge < -0.3 is 9.80 Å². The summed E-state index contributed by atoms with van der Waals surface area (Å²) in [6, 6.07) is 11.0. The normalized spacial score (nSPS) is 23.6. The lowest BCUT2D eigenvalue weighted by Gasteiger charge is -2.30. The molecule has 0 spiro atoms. The third-order valence-electron chi connectivity index (χ3n) is 5.17. The van der Waals surface area contributed by atoms with Gasteiger partial charge in [-0.2, -0.15) is 0 Å². The van der Waals surface area contributed by atoms with Crippen molar-refractivity contribution in [2.45, 2.75) is 18.9 Å². The molecule has 3 aliphatic heterocycles. The molecular formula is C18H19N5S. The number of hydrogen-bond acceptors (Lipinski definition) is 6. The second-order valence-corrected chi connectivity index (χ2v) is 7.53. The molecule has 0 N–H and O–H groups in total. The molecule has 24 heavy (non-hydrogen) atoms. The molecule has 3 aromatic rings. The van der Waals surface area contributed by atoms with E-state index < -0.39 is 0 Å². The Bertz CT molecular complexity index is 868. The molecule has 0 unspecified atom stereocenters. The Morgan fingerprint density at radius 3 is 2.67 bits per heavy atom. The number of hydrogen-bond donors (Lipinski definition) is 0. The van der Waals surface area contributed by atoms with Crippen LogP contribution in [-0.4, -0.2) is 52.3 Å². The molecule has 3 aliphatic rings. The van der Waals surface area contributed by atoms with Crippen LogP contribution >= 0.6 is 11.3 Å². The number of benzene rings is 1. The number of piperidine rings is 1. The SMILES string of the molecule is c1ccc2cc(-c3nnc(N4CCN5CCC4CC5)s3)ncc2c1. The molecule has 6 heteroatoms. The maximum atomic E-state index is 4.58. The third kappa shape index (κ3) is 2.46. The lowest BCUT2D eigenvalue weighted by atomic mass is 10.1. The van der Waals surface area contributed by atoms with E-state index in [9.17, 15) is 0 Å². The van der Waals surface area contributed by atoms with E-state index in [4.69, 9.17) is 0 Å². The Balaban J connectivity index is 1.47. The molecule has 1 aromatic carbocycles. The Labute approximate surface area is 145 Å². The van der Waals surface area contributed by atoms with Crippen LogP contribution in [0.15, 0.2) is 36.5 Å². The van der Waals surface area contributed by atoms with Crippen molar-refractivity contribution in [3.63, 3.8) is 0 Å². The largest absolute Gasteiger partial charge is 0.342 e. The number of nitrogens with zero attached hydrogens (tertiary/aromatic N) is 5. The first-order valence-corrected chi connectivity index (χ1v) is 9.36. The summed E-state index contributed by atoms with van der Waals surface area (Å²) >= 11 is 1.67. The van der Waals surface area contributed by atoms with Crippen molar-refractivity contribution < 1.29 is 0 Å². The van der Waals surface area contributed by atoms with Gasteiger partial charge in [0.2, 0.25) is 5.13 Å². The van der Waals surface area contributed by atoms with Crippen molar-refractivity contribution in [1.82, 2.24) is 20.1 Å². The Morgan fingerprint density at radius 1 is 0.958 bits per heavy atom. The van der Waals surface area contributed by atoms with Crippen LogP contribution in [0.4, 0.5) is 5.13 Å². The van der Waals surface area contributed by atoms with Crippen molar-refractivity contribution in [2.24, 2.45) is 0 Å². The number of aromatic nitrogens is 3. The zero-order valence-electron chi connectivity index (χ0n) is 13.4. The lowest BCUT2D eigenvalue weighted by molar-refractivity contribution is 0.250. The number of rotatable bonds is 2. The zero-order valence-corrected chi connectivity index (χ0v) is 14.2. The van der Waals surface area contributed by atoms with Crippen molar-refractivity contribution in [1.29, 1.82) is 0 Å². The van der Waals surface area contributed by atoms with Crippen molar-refractivity contribution in [2.75, 3.05) is 31.1 Å². The summed E-state index contributed by atoms with van der Waals surface area (Å²) < 4.78 is 0. The fourth-order valence-electron chi connectivity index (χ4n) is 3.77. The van der Waals surface area contributed by atoms with Gasteiger partial charge in [0.25, 0.3) is 0 Å². The summed E-state index contributed by atoms with van der Waals surface area (Å²) in [7, 11) is 0. The minimum absolute atomic E-state index is 0.620. The van der Waals surface area contributed by atoms with Gasteiger partial charge in [0.15, 0.2) is 5.01 Å². The van der Waals surface area contributed by atoms with Gasteiger partial charge in [0, 0.05) is 43.8 Å². The van der Waals surface area contributed by atoms with Crippen LogP contribution in [0.1, 0.15) is 12.8 Å². The summed E-state index contributed by atoms with van der Waals surface area (Å²) in [6.07, 6.45) is 4.40. The summed E-state index contributed by atoms with van der Waals surface area (Å²) in [5.74, 6) is 0. The summed E-state index contributed by atoms with van der Waals surface area (Å²) in [4.78, 5) is 9.61. The summed E-state index contributed by atoms with van der Waals surface area (Å²) in [5.41, 5.74) is 0.917. The lowest BCUT2D eigenvalue weighted by Crippen LogP contribution is -2.37. The van der Waals surface area contributed by atoms with E-state index >= 15 is 0 Å². The van der Waals surface area contributed by atoms with Gasteiger partial charge in [-0.3, -0.25) is 4.98 Å². The van der Waals surface area contributed by atoms with Crippen LogP contribution in [0.3, 0.4) is 0 Å². The molecule has 6 rings (SSSR count). The smallest absolute Gasteiger partial charge is 0.208 e. The average molecular weight is 337 g/mol. The van der Waals surface area contributed by atoms with E-state index in [1.165, 1.54) is 31.3 Å². The number of anilines is 1. The van der Waals surface area contributed by atoms with E-state index in [2.05, 4.69) is 49.2 Å². The molecule has 3 saturated heterocycles. The zero-order chi connectivity index (χ0) is 15.9. The monoisotopic (exact) mass is 337 g/mol. The second kappa shape index (κ2) is 5.79. The highest BCUT2D eigenvalue weighted by Gasteiger charge is 2.31. The molecule has 0 atom stereocenters. The Morgan fingerprint density at radius 2 is 1.79 bits per heavy atom. The van der Waals surface area contributed by atoms with E-state index in [0.717, 1.165) is 34.3 Å². The van der Waals surface area contributed by atoms with Crippen LogP contribution < -0.4 is 4.90 Å². The van der Waals surface area contributed by atoms with Gasteiger partial charge in [-0.15, -0.1) is 10.2 Å². The molecule has 0 radical (unpaired) electrons. The maximum Gasteiger partial charge on any atom is 0.208 e. The molecule has 0 aliphatic carbocycles. The van der Waals surface area contributed by atoms with Gasteiger partial charge in [-0.25, -0.2) is 0 Å². The first kappa shape index (κ1) is 14.3. The maximum absolute atomic E-state index is 4.58. The highest BCUT2D eigenvalue weighted by Crippen LogP contribution is 2.33. The van der Waals surface area contributed by atoms with Gasteiger partial charge in [0.1, 0.15) is 5.69 Å². The van der Waals surface area contributed by atoms with Gasteiger partial charge in [-0.05, 0) is 24.3 Å². The third-order valence-corrected chi connectivity index (χ3v) is 6.15. The quantitative estimate of drug-likeness (QED) is 0.719. The molecule has 2 bridgehead atoms. The second-order valence-electron chi connectivity index (χ2n) is 6.57. The standard InChI is InChI=1S/C18H19N5S/c1-2-4-14-12-19-16(11-13(14)3-1)17-20-21-18(24-17)23-10-9-22-7-5-15(23)6-8-22/h1-4,11-12,15H,5-10H2. The van der Waals surface area contributed by atoms with Crippen LogP contribution in [0.2, 0.25) is 0 Å². The predicted molar refractivity (Wildman–Crippen MR) is 97.5 cm³/mol. The molecule has 122 valence electrons. The molecule has 0 amide bonds. The fourth-order valence-corrected chi connectivity index (χ4v) is 4.68. The number of fused-ring (bicyclic) bond motifs is 5. The predicted octanol–water partition coefficient (Wildman–Crippen LogP) is 3.04. The van der Waals surface area contributed by atoms with Crippen LogP contribution in [0.25, 0.3) is 21.5 Å². The van der Waals surface area contributed by atoms with Crippen LogP contribution in [0, 0.1) is 0 Å². The van der Waals surface area contributed by atoms with Crippen LogP contribution in [0.5, 0.6) is 0 Å². The molecule has 5 nitrogen and oxygen atoms in total. The highest BCUT2D eigenvalue weighted by molar-refractivity contribution is 7.18. The Kier molecular flexibility index (Phi) is 3.45. The van der Waals surface area contributed by atoms with E-state index in [-0.39, 0.29) is 0 Å². The minimum atomic E-state index is 0.620. The van der Waals surface area contributed by atoms with E-state index in [1.807, 2.05) is 12.3 Å². The van der Waals surface area contributed by atoms with Gasteiger partial charge in [-0.1, -0.05) is 35.6 Å². The van der Waals surface area contributed by atoms with E-state index in [0.29, 0.717) is 6.04 Å². The topological polar surface area (TPSA) is 45.2 Å². The first-order valence-electron chi connectivity index (χ1n) is 8.54. The van der Waals surface area contributed by atoms with Crippen molar-refractivity contribution in [3.05, 3.63) is 36.5 Å². The van der Waals surface area contributed by atoms with Gasteiger partial charge >= 0.3 is 0 Å². The molecule has 5 heterocycles. The summed E-state index contributed by atoms with van der Waals surface area (Å²) in [6.45, 7) is 4.64. The molecular weight excluding hydrogens is 318 g/mol. The van der Waals surface area contributed by atoms with Gasteiger partial charge in [0.05, 0.1) is 0 Å². The fraction of sp³-hybridized carbons (Fsp3) is 0.389. The van der Waals surface area contributed by atoms with Crippen molar-refractivity contribution >= 4 is 27.2 Å².